The second-order valence-corrected chi connectivity index (χ2v) is 9.81. The summed E-state index contributed by atoms with van der Waals surface area (Å²) in [5.74, 6) is -0.349. The number of aromatic nitrogens is 8. The van der Waals surface area contributed by atoms with Gasteiger partial charge in [-0.3, -0.25) is 9.48 Å². The Morgan fingerprint density at radius 2 is 2.03 bits per heavy atom. The fourth-order valence-corrected chi connectivity index (χ4v) is 5.05. The number of carbonyl (C=O) groups excluding carboxylic acids is 1. The molecule has 2 saturated carbocycles. The molecule has 15 heteroatoms. The number of amides is 1. The minimum Gasteiger partial charge on any atom is -0.423 e. The van der Waals surface area contributed by atoms with E-state index in [0.717, 1.165) is 12.8 Å². The molecule has 0 spiro atoms. The van der Waals surface area contributed by atoms with Crippen LogP contribution < -0.4 is 11.1 Å². The number of anilines is 2. The number of nitrogens with zero attached hydrogens (tertiary/aromatic N) is 8. The van der Waals surface area contributed by atoms with Crippen molar-refractivity contribution in [2.75, 3.05) is 11.1 Å². The second kappa shape index (κ2) is 7.68. The maximum absolute atomic E-state index is 13.6. The Labute approximate surface area is 216 Å². The fraction of sp³-hybridized carbons (Fsp3) is 0.478. The van der Waals surface area contributed by atoms with Gasteiger partial charge in [-0.05, 0) is 31.6 Å². The van der Waals surface area contributed by atoms with E-state index in [4.69, 9.17) is 14.3 Å². The van der Waals surface area contributed by atoms with Crippen molar-refractivity contribution >= 4 is 28.6 Å². The van der Waals surface area contributed by atoms with Gasteiger partial charge in [0.25, 0.3) is 0 Å². The summed E-state index contributed by atoms with van der Waals surface area (Å²) >= 11 is 0. The first-order chi connectivity index (χ1) is 19.4. The fourth-order valence-electron chi connectivity index (χ4n) is 5.05. The molecule has 1 aliphatic heterocycles. The second-order valence-electron chi connectivity index (χ2n) is 9.81. The van der Waals surface area contributed by atoms with E-state index in [-0.39, 0.29) is 63.3 Å². The van der Waals surface area contributed by atoms with E-state index in [2.05, 4.69) is 40.5 Å². The summed E-state index contributed by atoms with van der Waals surface area (Å²) < 4.78 is 68.9. The highest BCUT2D eigenvalue weighted by Gasteiger charge is 2.63. The highest BCUT2D eigenvalue weighted by Crippen LogP contribution is 2.57. The summed E-state index contributed by atoms with van der Waals surface area (Å²) in [6, 6.07) is 0. The Morgan fingerprint density at radius 1 is 1.21 bits per heavy atom. The van der Waals surface area contributed by atoms with Crippen molar-refractivity contribution < 1.29 is 26.5 Å². The van der Waals surface area contributed by atoms with Crippen molar-refractivity contribution in [1.82, 2.24) is 39.9 Å². The Bertz CT molecular complexity index is 1730. The molecule has 12 nitrogen and oxygen atoms in total. The quantitative estimate of drug-likeness (QED) is 0.380. The van der Waals surface area contributed by atoms with Gasteiger partial charge in [-0.25, -0.2) is 19.9 Å². The van der Waals surface area contributed by atoms with Crippen LogP contribution in [0.15, 0.2) is 10.6 Å². The summed E-state index contributed by atoms with van der Waals surface area (Å²) in [7, 11) is 0. The van der Waals surface area contributed by atoms with E-state index in [9.17, 15) is 18.0 Å². The van der Waals surface area contributed by atoms with E-state index >= 15 is 0 Å². The number of nitrogens with two attached hydrogens (primary N) is 1. The van der Waals surface area contributed by atoms with Crippen molar-refractivity contribution in [3.8, 4) is 11.5 Å². The average Bonchev–Trinajstić information content (AvgIpc) is 3.79. The molecule has 2 fully saturated rings. The highest BCUT2D eigenvalue weighted by molar-refractivity contribution is 6.09. The van der Waals surface area contributed by atoms with Crippen LogP contribution in [0.4, 0.5) is 24.8 Å². The van der Waals surface area contributed by atoms with Gasteiger partial charge in [0.05, 0.1) is 23.6 Å². The molecule has 3 aliphatic rings. The highest BCUT2D eigenvalue weighted by atomic mass is 19.4. The molecular weight excluding hydrogens is 505 g/mol. The molecule has 0 bridgehead atoms. The van der Waals surface area contributed by atoms with Gasteiger partial charge in [0.2, 0.25) is 17.7 Å². The third-order valence-electron chi connectivity index (χ3n) is 7.13. The summed E-state index contributed by atoms with van der Waals surface area (Å²) in [5, 5.41) is 15.1. The number of fused-ring (bicyclic) bond motifs is 2. The van der Waals surface area contributed by atoms with Crippen molar-refractivity contribution in [3.63, 3.8) is 0 Å². The van der Waals surface area contributed by atoms with E-state index in [0.29, 0.717) is 23.4 Å². The van der Waals surface area contributed by atoms with Gasteiger partial charge >= 0.3 is 6.18 Å². The average molecular weight is 530 g/mol. The number of halogens is 3. The monoisotopic (exact) mass is 529 g/mol. The first-order valence-electron chi connectivity index (χ1n) is 13.5. The normalized spacial score (nSPS) is 22.7. The van der Waals surface area contributed by atoms with Gasteiger partial charge in [0.15, 0.2) is 16.9 Å². The summed E-state index contributed by atoms with van der Waals surface area (Å²) in [4.78, 5) is 30.8. The molecular formula is C23H21F3N10O2. The molecule has 1 amide bonds. The molecule has 38 heavy (non-hydrogen) atoms. The lowest BCUT2D eigenvalue weighted by molar-refractivity contribution is -0.134. The minimum absolute atomic E-state index is 0.0717. The van der Waals surface area contributed by atoms with Crippen LogP contribution in [0, 0.1) is 5.92 Å². The zero-order valence-corrected chi connectivity index (χ0v) is 19.6. The van der Waals surface area contributed by atoms with Crippen molar-refractivity contribution in [2.45, 2.75) is 56.0 Å². The Morgan fingerprint density at radius 3 is 2.74 bits per heavy atom. The van der Waals surface area contributed by atoms with Gasteiger partial charge in [-0.15, -0.1) is 10.2 Å². The molecule has 4 aromatic rings. The number of hydrogen-bond acceptors (Lipinski definition) is 10. The van der Waals surface area contributed by atoms with Crippen LogP contribution >= 0.6 is 0 Å². The Kier molecular flexibility index (Phi) is 4.01. The number of aryl methyl sites for hydroxylation is 2. The third kappa shape index (κ3) is 3.44. The number of alkyl halides is 3. The standard InChI is InChI=1S/C23H21F3N10O2/c1-36-18-11(8-28-36)14(29-12(30-18)6-7-22(24,25)26)17-31-15(27)13-16(32-17)33-20(37)23(13,10-4-5-10)21-35-34-19(38-21)9-2-3-9/h8-10H,2-7H2,1H3,(H3,27,31,32,33,37)/i1D3. The van der Waals surface area contributed by atoms with Gasteiger partial charge in [0, 0.05) is 23.4 Å². The predicted octanol–water partition coefficient (Wildman–Crippen LogP) is 2.81. The Balaban J connectivity index is 1.38. The van der Waals surface area contributed by atoms with E-state index in [1.807, 2.05) is 0 Å². The molecule has 1 unspecified atom stereocenters. The van der Waals surface area contributed by atoms with Gasteiger partial charge in [0.1, 0.15) is 23.2 Å². The molecule has 1 atom stereocenters. The predicted molar refractivity (Wildman–Crippen MR) is 125 cm³/mol. The minimum atomic E-state index is -4.50. The SMILES string of the molecule is [2H]C([2H])([2H])n1ncc2c(-c3nc(N)c4c(n3)NC(=O)C4(c3nnc(C4CC4)o3)C3CC3)nc(CCC(F)(F)F)nc21. The lowest BCUT2D eigenvalue weighted by Gasteiger charge is -2.23. The molecule has 0 saturated heterocycles. The molecule has 4 aromatic heterocycles. The summed E-state index contributed by atoms with van der Waals surface area (Å²) in [6.07, 6.45) is -1.93. The molecule has 0 aromatic carbocycles. The van der Waals surface area contributed by atoms with E-state index in [1.165, 1.54) is 6.20 Å². The lowest BCUT2D eigenvalue weighted by atomic mass is 9.77. The van der Waals surface area contributed by atoms with Crippen molar-refractivity contribution in [3.05, 3.63) is 29.4 Å². The Hall–Kier alpha value is -4.17. The number of nitrogen functional groups attached to an aromatic ring is 1. The van der Waals surface area contributed by atoms with Crippen LogP contribution in [0.3, 0.4) is 0 Å². The maximum atomic E-state index is 13.6. The zero-order valence-electron chi connectivity index (χ0n) is 22.6. The lowest BCUT2D eigenvalue weighted by Crippen LogP contribution is -2.39. The van der Waals surface area contributed by atoms with Crippen molar-refractivity contribution in [2.24, 2.45) is 12.9 Å². The van der Waals surface area contributed by atoms with Crippen LogP contribution in [0.1, 0.15) is 65.3 Å². The maximum Gasteiger partial charge on any atom is 0.389 e. The molecule has 196 valence electrons. The van der Waals surface area contributed by atoms with Crippen LogP contribution in [0.2, 0.25) is 0 Å². The van der Waals surface area contributed by atoms with Crippen LogP contribution in [0.5, 0.6) is 0 Å². The first-order valence-corrected chi connectivity index (χ1v) is 12.0. The van der Waals surface area contributed by atoms with Crippen LogP contribution in [0.25, 0.3) is 22.6 Å². The van der Waals surface area contributed by atoms with Crippen LogP contribution in [-0.4, -0.2) is 52.0 Å². The van der Waals surface area contributed by atoms with Crippen LogP contribution in [-0.2, 0) is 23.6 Å². The number of hydrogen-bond donors (Lipinski definition) is 2. The van der Waals surface area contributed by atoms with Gasteiger partial charge in [-0.1, -0.05) is 0 Å². The van der Waals surface area contributed by atoms with Gasteiger partial charge in [-0.2, -0.15) is 18.3 Å². The van der Waals surface area contributed by atoms with E-state index in [1.54, 1.807) is 0 Å². The zero-order chi connectivity index (χ0) is 28.9. The number of rotatable bonds is 6. The van der Waals surface area contributed by atoms with Gasteiger partial charge < -0.3 is 15.5 Å². The largest absolute Gasteiger partial charge is 0.423 e. The van der Waals surface area contributed by atoms with Crippen molar-refractivity contribution in [1.29, 1.82) is 0 Å². The molecule has 7 rings (SSSR count). The van der Waals surface area contributed by atoms with E-state index < -0.39 is 37.3 Å². The first kappa shape index (κ1) is 19.9. The number of nitrogens with one attached hydrogen (secondary N) is 1. The molecule has 3 N–H and O–H groups in total. The summed E-state index contributed by atoms with van der Waals surface area (Å²) in [5.41, 5.74) is 5.06. The smallest absolute Gasteiger partial charge is 0.389 e. The number of carbonyl (C=O) groups is 1. The summed E-state index contributed by atoms with van der Waals surface area (Å²) in [6.45, 7) is -2.77. The third-order valence-corrected chi connectivity index (χ3v) is 7.13. The topological polar surface area (TPSA) is 163 Å². The molecule has 0 radical (unpaired) electrons. The molecule has 2 aliphatic carbocycles. The molecule has 5 heterocycles.